The van der Waals surface area contributed by atoms with Crippen LogP contribution in [0.4, 0.5) is 4.79 Å². The van der Waals surface area contributed by atoms with E-state index in [-0.39, 0.29) is 6.04 Å². The topological polar surface area (TPSA) is 51.2 Å². The van der Waals surface area contributed by atoms with Gasteiger partial charge in [0.1, 0.15) is 10.6 Å². The molecule has 0 aliphatic heterocycles. The zero-order chi connectivity index (χ0) is 15.3. The molecule has 0 spiro atoms. The molecule has 2 aromatic rings. The van der Waals surface area contributed by atoms with Gasteiger partial charge < -0.3 is 10.1 Å². The Kier molecular flexibility index (Phi) is 4.96. The monoisotopic (exact) mass is 304 g/mol. The normalized spacial score (nSPS) is 12.7. The highest BCUT2D eigenvalue weighted by Gasteiger charge is 2.22. The summed E-state index contributed by atoms with van der Waals surface area (Å²) < 4.78 is 5.33. The number of ether oxygens (including phenoxy) is 1. The van der Waals surface area contributed by atoms with Crippen LogP contribution in [0.15, 0.2) is 41.9 Å². The maximum Gasteiger partial charge on any atom is 0.408 e. The minimum absolute atomic E-state index is 0.178. The molecule has 4 nitrogen and oxygen atoms in total. The Morgan fingerprint density at radius 2 is 2.05 bits per heavy atom. The van der Waals surface area contributed by atoms with Crippen molar-refractivity contribution in [1.82, 2.24) is 10.3 Å². The van der Waals surface area contributed by atoms with Crippen molar-refractivity contribution in [2.24, 2.45) is 0 Å². The molecule has 1 N–H and O–H groups in total. The molecule has 0 saturated carbocycles. The highest BCUT2D eigenvalue weighted by molar-refractivity contribution is 7.09. The van der Waals surface area contributed by atoms with E-state index in [1.54, 1.807) is 6.20 Å². The lowest BCUT2D eigenvalue weighted by Crippen LogP contribution is -2.35. The van der Waals surface area contributed by atoms with Gasteiger partial charge in [0.2, 0.25) is 0 Å². The summed E-state index contributed by atoms with van der Waals surface area (Å²) in [5.41, 5.74) is 0.637. The van der Waals surface area contributed by atoms with Crippen LogP contribution in [0.1, 0.15) is 37.4 Å². The van der Waals surface area contributed by atoms with Crippen LogP contribution in [0.25, 0.3) is 0 Å². The minimum Gasteiger partial charge on any atom is -0.444 e. The van der Waals surface area contributed by atoms with Crippen molar-refractivity contribution in [3.05, 3.63) is 52.5 Å². The maximum absolute atomic E-state index is 12.0. The molecule has 5 heteroatoms. The Labute approximate surface area is 129 Å². The molecule has 21 heavy (non-hydrogen) atoms. The number of benzene rings is 1. The SMILES string of the molecule is CC(C)(C)OC(=O)N[C@@H](Cc1ccccc1)c1nccs1. The zero-order valence-corrected chi connectivity index (χ0v) is 13.3. The van der Waals surface area contributed by atoms with Gasteiger partial charge in [0.25, 0.3) is 0 Å². The van der Waals surface area contributed by atoms with Crippen LogP contribution in [0.3, 0.4) is 0 Å². The van der Waals surface area contributed by atoms with Crippen molar-refractivity contribution in [3.8, 4) is 0 Å². The number of nitrogens with zero attached hydrogens (tertiary/aromatic N) is 1. The fourth-order valence-electron chi connectivity index (χ4n) is 1.91. The highest BCUT2D eigenvalue weighted by atomic mass is 32.1. The number of alkyl carbamates (subject to hydrolysis) is 1. The van der Waals surface area contributed by atoms with E-state index in [4.69, 9.17) is 4.74 Å². The fourth-order valence-corrected chi connectivity index (χ4v) is 2.60. The Morgan fingerprint density at radius 1 is 1.33 bits per heavy atom. The lowest BCUT2D eigenvalue weighted by atomic mass is 10.1. The Bertz CT molecular complexity index is 562. The predicted molar refractivity (Wildman–Crippen MR) is 84.4 cm³/mol. The molecule has 1 heterocycles. The number of carbonyl (C=O) groups is 1. The molecule has 112 valence electrons. The first-order chi connectivity index (χ1) is 9.94. The number of carbonyl (C=O) groups excluding carboxylic acids is 1. The number of thiazole rings is 1. The van der Waals surface area contributed by atoms with E-state index in [1.165, 1.54) is 11.3 Å². The van der Waals surface area contributed by atoms with Crippen molar-refractivity contribution in [2.75, 3.05) is 0 Å². The van der Waals surface area contributed by atoms with E-state index in [0.717, 1.165) is 10.6 Å². The van der Waals surface area contributed by atoms with Gasteiger partial charge in [0.05, 0.1) is 6.04 Å². The van der Waals surface area contributed by atoms with E-state index in [0.29, 0.717) is 6.42 Å². The van der Waals surface area contributed by atoms with Gasteiger partial charge in [-0.2, -0.15) is 0 Å². The molecule has 0 unspecified atom stereocenters. The maximum atomic E-state index is 12.0. The molecule has 1 amide bonds. The number of hydrogen-bond acceptors (Lipinski definition) is 4. The number of nitrogens with one attached hydrogen (secondary N) is 1. The first kappa shape index (κ1) is 15.5. The molecule has 1 aromatic heterocycles. The average Bonchev–Trinajstić information content (AvgIpc) is 2.90. The summed E-state index contributed by atoms with van der Waals surface area (Å²) in [6.07, 6.45) is 2.01. The van der Waals surface area contributed by atoms with Crippen molar-refractivity contribution in [2.45, 2.75) is 38.8 Å². The molecule has 1 atom stereocenters. The Morgan fingerprint density at radius 3 is 2.62 bits per heavy atom. The van der Waals surface area contributed by atoms with Gasteiger partial charge in [-0.3, -0.25) is 0 Å². The lowest BCUT2D eigenvalue weighted by molar-refractivity contribution is 0.0503. The van der Waals surface area contributed by atoms with Gasteiger partial charge in [-0.05, 0) is 32.8 Å². The third-order valence-corrected chi connectivity index (χ3v) is 3.61. The van der Waals surface area contributed by atoms with Crippen LogP contribution in [0, 0.1) is 0 Å². The molecular formula is C16H20N2O2S. The highest BCUT2D eigenvalue weighted by Crippen LogP contribution is 2.21. The first-order valence-electron chi connectivity index (χ1n) is 6.87. The molecule has 0 saturated heterocycles. The molecule has 1 aromatic carbocycles. The summed E-state index contributed by atoms with van der Waals surface area (Å²) in [7, 11) is 0. The minimum atomic E-state index is -0.510. The lowest BCUT2D eigenvalue weighted by Gasteiger charge is -2.23. The third kappa shape index (κ3) is 5.19. The molecule has 0 fully saturated rings. The third-order valence-electron chi connectivity index (χ3n) is 2.72. The van der Waals surface area contributed by atoms with Gasteiger partial charge in [0.15, 0.2) is 0 Å². The van der Waals surface area contributed by atoms with Gasteiger partial charge in [0, 0.05) is 11.6 Å². The molecule has 0 radical (unpaired) electrons. The van der Waals surface area contributed by atoms with Gasteiger partial charge in [-0.25, -0.2) is 9.78 Å². The van der Waals surface area contributed by atoms with Gasteiger partial charge in [-0.15, -0.1) is 11.3 Å². The Hall–Kier alpha value is -1.88. The molecule has 0 aliphatic rings. The summed E-state index contributed by atoms with van der Waals surface area (Å²) in [6.45, 7) is 5.55. The van der Waals surface area contributed by atoms with E-state index in [1.807, 2.05) is 56.5 Å². The zero-order valence-electron chi connectivity index (χ0n) is 12.5. The second kappa shape index (κ2) is 6.72. The fraction of sp³-hybridized carbons (Fsp3) is 0.375. The molecule has 0 bridgehead atoms. The second-order valence-corrected chi connectivity index (χ2v) is 6.69. The summed E-state index contributed by atoms with van der Waals surface area (Å²) >= 11 is 1.53. The van der Waals surface area contributed by atoms with E-state index in [2.05, 4.69) is 10.3 Å². The van der Waals surface area contributed by atoms with Crippen LogP contribution in [-0.4, -0.2) is 16.7 Å². The van der Waals surface area contributed by atoms with Crippen LogP contribution in [-0.2, 0) is 11.2 Å². The van der Waals surface area contributed by atoms with E-state index >= 15 is 0 Å². The second-order valence-electron chi connectivity index (χ2n) is 5.76. The summed E-state index contributed by atoms with van der Waals surface area (Å²) in [4.78, 5) is 16.3. The largest absolute Gasteiger partial charge is 0.444 e. The van der Waals surface area contributed by atoms with Crippen molar-refractivity contribution in [1.29, 1.82) is 0 Å². The number of aromatic nitrogens is 1. The average molecular weight is 304 g/mol. The first-order valence-corrected chi connectivity index (χ1v) is 7.75. The van der Waals surface area contributed by atoms with Crippen molar-refractivity contribution < 1.29 is 9.53 Å². The molecular weight excluding hydrogens is 284 g/mol. The van der Waals surface area contributed by atoms with Gasteiger partial charge in [-0.1, -0.05) is 30.3 Å². The van der Waals surface area contributed by atoms with Crippen molar-refractivity contribution >= 4 is 17.4 Å². The van der Waals surface area contributed by atoms with Crippen LogP contribution in [0.5, 0.6) is 0 Å². The number of hydrogen-bond donors (Lipinski definition) is 1. The van der Waals surface area contributed by atoms with Crippen LogP contribution in [0.2, 0.25) is 0 Å². The van der Waals surface area contributed by atoms with Gasteiger partial charge >= 0.3 is 6.09 Å². The molecule has 2 rings (SSSR count). The van der Waals surface area contributed by atoms with E-state index < -0.39 is 11.7 Å². The van der Waals surface area contributed by atoms with Crippen LogP contribution < -0.4 is 5.32 Å². The van der Waals surface area contributed by atoms with E-state index in [9.17, 15) is 4.79 Å². The smallest absolute Gasteiger partial charge is 0.408 e. The summed E-state index contributed by atoms with van der Waals surface area (Å²) in [5.74, 6) is 0. The van der Waals surface area contributed by atoms with Crippen LogP contribution >= 0.6 is 11.3 Å². The van der Waals surface area contributed by atoms with Crippen molar-refractivity contribution in [3.63, 3.8) is 0 Å². The summed E-state index contributed by atoms with van der Waals surface area (Å²) in [5, 5.41) is 5.70. The Balaban J connectivity index is 2.08. The quantitative estimate of drug-likeness (QED) is 0.930. The standard InChI is InChI=1S/C16H20N2O2S/c1-16(2,3)20-15(19)18-13(14-17-9-10-21-14)11-12-7-5-4-6-8-12/h4-10,13H,11H2,1-3H3,(H,18,19)/t13-/m0/s1. The number of amides is 1. The molecule has 0 aliphatic carbocycles. The number of rotatable bonds is 4. The summed E-state index contributed by atoms with van der Waals surface area (Å²) in [6, 6.07) is 9.85. The predicted octanol–water partition coefficient (Wildman–Crippen LogP) is 3.95.